The van der Waals surface area contributed by atoms with Crippen molar-refractivity contribution in [3.63, 3.8) is 0 Å². The highest BCUT2D eigenvalue weighted by atomic mass is 32.2. The molecule has 0 aliphatic carbocycles. The zero-order valence-corrected chi connectivity index (χ0v) is 7.78. The molecular weight excluding hydrogens is 144 g/mol. The largest absolute Gasteiger partial charge is 0.368 e. The Labute approximate surface area is 67.5 Å². The number of ether oxygens (including phenoxy) is 1. The Balaban J connectivity index is 2.40. The lowest BCUT2D eigenvalue weighted by Crippen LogP contribution is -2.31. The molecule has 0 amide bonds. The monoisotopic (exact) mass is 160 g/mol. The van der Waals surface area contributed by atoms with Crippen LogP contribution in [0.1, 0.15) is 20.8 Å². The Morgan fingerprint density at radius 1 is 1.50 bits per heavy atom. The van der Waals surface area contributed by atoms with Crippen LogP contribution in [0.2, 0.25) is 0 Å². The van der Waals surface area contributed by atoms with Crippen LogP contribution in [0.15, 0.2) is 0 Å². The molecule has 60 valence electrons. The number of hydrogen-bond acceptors (Lipinski definition) is 2. The Morgan fingerprint density at radius 2 is 2.20 bits per heavy atom. The van der Waals surface area contributed by atoms with Gasteiger partial charge in [-0.15, -0.1) is 11.8 Å². The number of hydrogen-bond donors (Lipinski definition) is 0. The van der Waals surface area contributed by atoms with Gasteiger partial charge in [0.05, 0.1) is 12.0 Å². The maximum atomic E-state index is 5.51. The summed E-state index contributed by atoms with van der Waals surface area (Å²) >= 11 is 1.91. The topological polar surface area (TPSA) is 9.23 Å². The summed E-state index contributed by atoms with van der Waals surface area (Å²) in [5.74, 6) is 3.70. The maximum Gasteiger partial charge on any atom is 0.0924 e. The van der Waals surface area contributed by atoms with Gasteiger partial charge in [0.2, 0.25) is 0 Å². The molecule has 0 bridgehead atoms. The molecule has 0 aromatic heterocycles. The Hall–Kier alpha value is 0.310. The highest BCUT2D eigenvalue weighted by Crippen LogP contribution is 2.27. The molecule has 1 aliphatic rings. The quantitative estimate of drug-likeness (QED) is 0.582. The summed E-state index contributed by atoms with van der Waals surface area (Å²) in [6.07, 6.45) is 0.473. The van der Waals surface area contributed by atoms with Crippen molar-refractivity contribution in [2.24, 2.45) is 11.8 Å². The molecule has 0 unspecified atom stereocenters. The van der Waals surface area contributed by atoms with Crippen molar-refractivity contribution in [3.05, 3.63) is 0 Å². The fourth-order valence-electron chi connectivity index (χ4n) is 1.33. The van der Waals surface area contributed by atoms with Gasteiger partial charge in [0.1, 0.15) is 0 Å². The van der Waals surface area contributed by atoms with E-state index in [0.717, 1.165) is 17.8 Å². The van der Waals surface area contributed by atoms with Gasteiger partial charge in [0.15, 0.2) is 0 Å². The minimum atomic E-state index is 0.473. The molecule has 2 heteroatoms. The summed E-state index contributed by atoms with van der Waals surface area (Å²) in [4.78, 5) is 0. The third-order valence-electron chi connectivity index (χ3n) is 2.18. The smallest absolute Gasteiger partial charge is 0.0924 e. The van der Waals surface area contributed by atoms with Gasteiger partial charge in [0, 0.05) is 5.75 Å². The lowest BCUT2D eigenvalue weighted by atomic mass is 9.93. The molecule has 0 radical (unpaired) electrons. The molecule has 1 nitrogen and oxygen atoms in total. The molecule has 0 saturated carbocycles. The summed E-state index contributed by atoms with van der Waals surface area (Å²) < 4.78 is 5.51. The average molecular weight is 160 g/mol. The van der Waals surface area contributed by atoms with Crippen molar-refractivity contribution in [2.45, 2.75) is 26.9 Å². The first kappa shape index (κ1) is 8.41. The van der Waals surface area contributed by atoms with Gasteiger partial charge in [-0.05, 0) is 18.8 Å². The van der Waals surface area contributed by atoms with Crippen LogP contribution in [0, 0.1) is 11.8 Å². The van der Waals surface area contributed by atoms with Crippen LogP contribution < -0.4 is 0 Å². The van der Waals surface area contributed by atoms with E-state index in [4.69, 9.17) is 4.74 Å². The molecule has 0 aromatic carbocycles. The van der Waals surface area contributed by atoms with Gasteiger partial charge in [-0.25, -0.2) is 0 Å². The van der Waals surface area contributed by atoms with Crippen molar-refractivity contribution in [3.8, 4) is 0 Å². The molecule has 1 saturated heterocycles. The van der Waals surface area contributed by atoms with Crippen molar-refractivity contribution in [2.75, 3.05) is 11.7 Å². The maximum absolute atomic E-state index is 5.51. The Morgan fingerprint density at radius 3 is 2.60 bits per heavy atom. The summed E-state index contributed by atoms with van der Waals surface area (Å²) in [5.41, 5.74) is 0. The van der Waals surface area contributed by atoms with Gasteiger partial charge in [-0.1, -0.05) is 13.8 Å². The summed E-state index contributed by atoms with van der Waals surface area (Å²) in [5, 5.41) is 0. The van der Waals surface area contributed by atoms with Crippen molar-refractivity contribution in [1.82, 2.24) is 0 Å². The predicted molar refractivity (Wildman–Crippen MR) is 46.2 cm³/mol. The van der Waals surface area contributed by atoms with E-state index in [1.807, 2.05) is 11.8 Å². The fourth-order valence-corrected chi connectivity index (χ4v) is 2.67. The lowest BCUT2D eigenvalue weighted by molar-refractivity contribution is 0.0384. The van der Waals surface area contributed by atoms with E-state index in [1.165, 1.54) is 5.75 Å². The van der Waals surface area contributed by atoms with Crippen LogP contribution in [0.25, 0.3) is 0 Å². The first-order chi connectivity index (χ1) is 4.72. The molecule has 1 fully saturated rings. The standard InChI is InChI=1S/C8H16OS/c1-6(2)8-4-10-5-9-7(8)3/h6-8H,4-5H2,1-3H3/t7-,8+/m0/s1. The molecule has 0 N–H and O–H groups in total. The zero-order valence-electron chi connectivity index (χ0n) is 6.96. The molecule has 0 aromatic rings. The third kappa shape index (κ3) is 1.89. The molecule has 10 heavy (non-hydrogen) atoms. The summed E-state index contributed by atoms with van der Waals surface area (Å²) in [7, 11) is 0. The van der Waals surface area contributed by atoms with E-state index in [9.17, 15) is 0 Å². The minimum Gasteiger partial charge on any atom is -0.368 e. The minimum absolute atomic E-state index is 0.473. The van der Waals surface area contributed by atoms with Crippen LogP contribution in [0.5, 0.6) is 0 Å². The van der Waals surface area contributed by atoms with Gasteiger partial charge in [-0.2, -0.15) is 0 Å². The van der Waals surface area contributed by atoms with E-state index in [0.29, 0.717) is 6.10 Å². The Kier molecular flexibility index (Phi) is 3.05. The normalized spacial score (nSPS) is 34.8. The van der Waals surface area contributed by atoms with Gasteiger partial charge in [0.25, 0.3) is 0 Å². The molecule has 1 heterocycles. The van der Waals surface area contributed by atoms with Crippen LogP contribution >= 0.6 is 11.8 Å². The van der Waals surface area contributed by atoms with Crippen molar-refractivity contribution >= 4 is 11.8 Å². The van der Waals surface area contributed by atoms with Crippen molar-refractivity contribution in [1.29, 1.82) is 0 Å². The van der Waals surface area contributed by atoms with Crippen LogP contribution in [-0.2, 0) is 4.74 Å². The van der Waals surface area contributed by atoms with Crippen LogP contribution in [-0.4, -0.2) is 17.8 Å². The second kappa shape index (κ2) is 3.63. The fraction of sp³-hybridized carbons (Fsp3) is 1.00. The number of rotatable bonds is 1. The first-order valence-corrected chi connectivity index (χ1v) is 5.06. The SMILES string of the molecule is CC(C)[C@H]1CSCO[C@H]1C. The van der Waals surface area contributed by atoms with E-state index in [2.05, 4.69) is 20.8 Å². The van der Waals surface area contributed by atoms with Gasteiger partial charge >= 0.3 is 0 Å². The van der Waals surface area contributed by atoms with Crippen LogP contribution in [0.3, 0.4) is 0 Å². The summed E-state index contributed by atoms with van der Waals surface area (Å²) in [6, 6.07) is 0. The van der Waals surface area contributed by atoms with Gasteiger partial charge in [-0.3, -0.25) is 0 Å². The van der Waals surface area contributed by atoms with Gasteiger partial charge < -0.3 is 4.74 Å². The third-order valence-corrected chi connectivity index (χ3v) is 3.11. The van der Waals surface area contributed by atoms with Crippen molar-refractivity contribution < 1.29 is 4.74 Å². The highest BCUT2D eigenvalue weighted by molar-refractivity contribution is 7.99. The highest BCUT2D eigenvalue weighted by Gasteiger charge is 2.24. The summed E-state index contributed by atoms with van der Waals surface area (Å²) in [6.45, 7) is 6.73. The second-order valence-electron chi connectivity index (χ2n) is 3.27. The average Bonchev–Trinajstić information content (AvgIpc) is 1.88. The molecule has 1 aliphatic heterocycles. The zero-order chi connectivity index (χ0) is 7.56. The molecule has 2 atom stereocenters. The second-order valence-corrected chi connectivity index (χ2v) is 4.25. The molecular formula is C8H16OS. The van der Waals surface area contributed by atoms with Crippen LogP contribution in [0.4, 0.5) is 0 Å². The molecule has 1 rings (SSSR count). The molecule has 0 spiro atoms. The Bertz CT molecular complexity index is 103. The van der Waals surface area contributed by atoms with E-state index in [1.54, 1.807) is 0 Å². The first-order valence-electron chi connectivity index (χ1n) is 3.91. The predicted octanol–water partition coefficient (Wildman–Crippen LogP) is 2.37. The lowest BCUT2D eigenvalue weighted by Gasteiger charge is -2.31. The van der Waals surface area contributed by atoms with E-state index >= 15 is 0 Å². The van der Waals surface area contributed by atoms with E-state index < -0.39 is 0 Å². The van der Waals surface area contributed by atoms with E-state index in [-0.39, 0.29) is 0 Å². The number of thioether (sulfide) groups is 1.